The average molecular weight is 481 g/mol. The van der Waals surface area contributed by atoms with Gasteiger partial charge in [0.05, 0.1) is 30.6 Å². The van der Waals surface area contributed by atoms with Crippen molar-refractivity contribution in [2.24, 2.45) is 11.8 Å². The molecule has 0 radical (unpaired) electrons. The number of carbonyl (C=O) groups excluding carboxylic acids is 2. The van der Waals surface area contributed by atoms with E-state index in [1.807, 2.05) is 43.9 Å². The van der Waals surface area contributed by atoms with Crippen LogP contribution in [0.4, 0.5) is 5.69 Å². The maximum absolute atomic E-state index is 13.2. The van der Waals surface area contributed by atoms with E-state index in [0.29, 0.717) is 44.1 Å². The molecule has 4 aliphatic rings. The van der Waals surface area contributed by atoms with Crippen LogP contribution in [0.15, 0.2) is 18.2 Å². The fraction of sp³-hybridized carbons (Fsp3) is 0.654. The molecule has 0 bridgehead atoms. The molecule has 2 amide bonds. The number of rotatable bonds is 6. The number of benzene rings is 1. The largest absolute Gasteiger partial charge is 0.372 e. The monoisotopic (exact) mass is 480 g/mol. The van der Waals surface area contributed by atoms with Gasteiger partial charge in [0.15, 0.2) is 0 Å². The summed E-state index contributed by atoms with van der Waals surface area (Å²) in [4.78, 5) is 27.9. The number of ether oxygens (including phenoxy) is 1. The van der Waals surface area contributed by atoms with Gasteiger partial charge in [-0.15, -0.1) is 0 Å². The van der Waals surface area contributed by atoms with Crippen LogP contribution in [-0.2, 0) is 9.53 Å². The smallest absolute Gasteiger partial charge is 0.254 e. The molecule has 35 heavy (non-hydrogen) atoms. The zero-order valence-electron chi connectivity index (χ0n) is 20.8. The number of carbonyl (C=O) groups is 2. The summed E-state index contributed by atoms with van der Waals surface area (Å²) >= 11 is 0. The van der Waals surface area contributed by atoms with Crippen molar-refractivity contribution in [2.45, 2.75) is 70.3 Å². The maximum atomic E-state index is 13.2. The van der Waals surface area contributed by atoms with Crippen LogP contribution in [0.25, 0.3) is 0 Å². The van der Waals surface area contributed by atoms with Crippen LogP contribution < -0.4 is 16.1 Å². The number of fused-ring (bicyclic) bond motifs is 1. The van der Waals surface area contributed by atoms with E-state index in [4.69, 9.17) is 4.74 Å². The van der Waals surface area contributed by atoms with Gasteiger partial charge in [-0.1, -0.05) is 0 Å². The van der Waals surface area contributed by atoms with Gasteiger partial charge in [0.25, 0.3) is 5.91 Å². The predicted octanol–water partition coefficient (Wildman–Crippen LogP) is 2.00. The topological polar surface area (TPSA) is 110 Å². The maximum Gasteiger partial charge on any atom is 0.254 e. The summed E-state index contributed by atoms with van der Waals surface area (Å²) in [6.07, 6.45) is 3.33. The van der Waals surface area contributed by atoms with Crippen molar-refractivity contribution in [1.29, 1.82) is 5.26 Å². The normalized spacial score (nSPS) is 29.1. The Kier molecular flexibility index (Phi) is 6.47. The highest BCUT2D eigenvalue weighted by atomic mass is 16.5. The second kappa shape index (κ2) is 9.41. The minimum Gasteiger partial charge on any atom is -0.372 e. The minimum absolute atomic E-state index is 0.0195. The number of morpholine rings is 1. The lowest BCUT2D eigenvalue weighted by Gasteiger charge is -2.38. The van der Waals surface area contributed by atoms with Gasteiger partial charge in [-0.3, -0.25) is 9.59 Å². The minimum atomic E-state index is -0.343. The van der Waals surface area contributed by atoms with Crippen LogP contribution in [-0.4, -0.2) is 71.8 Å². The lowest BCUT2D eigenvalue weighted by molar-refractivity contribution is -0.128. The molecule has 3 heterocycles. The van der Waals surface area contributed by atoms with Crippen LogP contribution >= 0.6 is 0 Å². The summed E-state index contributed by atoms with van der Waals surface area (Å²) in [6, 6.07) is 8.30. The van der Waals surface area contributed by atoms with Crippen LogP contribution in [0, 0.1) is 30.1 Å². The number of aryl methyl sites for hydroxylation is 1. The van der Waals surface area contributed by atoms with Crippen molar-refractivity contribution in [1.82, 2.24) is 20.7 Å². The summed E-state index contributed by atoms with van der Waals surface area (Å²) in [5, 5.41) is 18.1. The van der Waals surface area contributed by atoms with Gasteiger partial charge in [-0.05, 0) is 69.7 Å². The van der Waals surface area contributed by atoms with E-state index in [0.717, 1.165) is 30.5 Å². The van der Waals surface area contributed by atoms with E-state index in [2.05, 4.69) is 27.1 Å². The van der Waals surface area contributed by atoms with Crippen LogP contribution in [0.2, 0.25) is 0 Å². The summed E-state index contributed by atoms with van der Waals surface area (Å²) in [5.41, 5.74) is 5.65. The molecule has 4 fully saturated rings. The van der Waals surface area contributed by atoms with Crippen LogP contribution in [0.1, 0.15) is 55.5 Å². The molecule has 0 aromatic heterocycles. The molecule has 9 heteroatoms. The molecule has 1 aromatic carbocycles. The third kappa shape index (κ3) is 4.88. The van der Waals surface area contributed by atoms with Gasteiger partial charge in [0.1, 0.15) is 6.17 Å². The molecule has 3 unspecified atom stereocenters. The van der Waals surface area contributed by atoms with Crippen molar-refractivity contribution in [2.75, 3.05) is 31.6 Å². The average Bonchev–Trinajstić information content (AvgIpc) is 3.59. The van der Waals surface area contributed by atoms with Crippen molar-refractivity contribution in [3.05, 3.63) is 29.3 Å². The Morgan fingerprint density at radius 1 is 1.34 bits per heavy atom. The molecule has 188 valence electrons. The lowest BCUT2D eigenvalue weighted by Crippen LogP contribution is -2.52. The van der Waals surface area contributed by atoms with E-state index in [9.17, 15) is 14.9 Å². The SMILES string of the molecule is Cc1cc(NC2NN([C@@H](CC#N)C3CC3)C3CCNC(=O)C23)ccc1C(=O)N1CCOC(C)(C)C1. The first kappa shape index (κ1) is 24.0. The zero-order chi connectivity index (χ0) is 24.7. The first-order chi connectivity index (χ1) is 16.8. The van der Waals surface area contributed by atoms with Crippen LogP contribution in [0.5, 0.6) is 0 Å². The van der Waals surface area contributed by atoms with E-state index in [-0.39, 0.29) is 41.6 Å². The molecule has 4 atom stereocenters. The molecule has 1 aromatic rings. The number of anilines is 1. The molecule has 3 aliphatic heterocycles. The van der Waals surface area contributed by atoms with Crippen molar-refractivity contribution in [3.8, 4) is 6.07 Å². The highest BCUT2D eigenvalue weighted by molar-refractivity contribution is 5.96. The number of nitrogens with one attached hydrogen (secondary N) is 3. The third-order valence-electron chi connectivity index (χ3n) is 7.78. The van der Waals surface area contributed by atoms with Crippen LogP contribution in [0.3, 0.4) is 0 Å². The Labute approximate surface area is 207 Å². The highest BCUT2D eigenvalue weighted by Crippen LogP contribution is 2.41. The number of amides is 2. The van der Waals surface area contributed by atoms with E-state index in [1.54, 1.807) is 0 Å². The molecule has 1 saturated carbocycles. The van der Waals surface area contributed by atoms with Crippen molar-refractivity contribution in [3.63, 3.8) is 0 Å². The molecule has 9 nitrogen and oxygen atoms in total. The number of hydrazine groups is 1. The first-order valence-corrected chi connectivity index (χ1v) is 12.8. The quantitative estimate of drug-likeness (QED) is 0.571. The number of nitriles is 1. The Bertz CT molecular complexity index is 1030. The zero-order valence-corrected chi connectivity index (χ0v) is 20.8. The number of hydrogen-bond acceptors (Lipinski definition) is 7. The molecule has 3 N–H and O–H groups in total. The summed E-state index contributed by atoms with van der Waals surface area (Å²) < 4.78 is 5.75. The standard InChI is InChI=1S/C26H36N6O3/c1-16-14-18(6-7-19(16)25(34)31-12-13-35-26(2,3)15-31)29-23-22-21(9-11-28-24(22)33)32(30-23)20(8-10-27)17-4-5-17/h6-7,14,17,20-23,29-30H,4-5,8-9,11-13,15H2,1-3H3,(H,28,33)/t20-,21?,22?,23?/m0/s1. The second-order valence-corrected chi connectivity index (χ2v) is 11.0. The fourth-order valence-electron chi connectivity index (χ4n) is 5.90. The highest BCUT2D eigenvalue weighted by Gasteiger charge is 2.51. The third-order valence-corrected chi connectivity index (χ3v) is 7.78. The Morgan fingerprint density at radius 3 is 2.83 bits per heavy atom. The molecule has 1 aliphatic carbocycles. The fourth-order valence-corrected chi connectivity index (χ4v) is 5.90. The summed E-state index contributed by atoms with van der Waals surface area (Å²) in [5.74, 6) is 0.329. The second-order valence-electron chi connectivity index (χ2n) is 11.0. The summed E-state index contributed by atoms with van der Waals surface area (Å²) in [6.45, 7) is 8.31. The molecule has 5 rings (SSSR count). The first-order valence-electron chi connectivity index (χ1n) is 12.8. The molecule has 3 saturated heterocycles. The van der Waals surface area contributed by atoms with Gasteiger partial charge in [0, 0.05) is 43.0 Å². The van der Waals surface area contributed by atoms with E-state index in [1.165, 1.54) is 0 Å². The number of nitrogens with zero attached hydrogens (tertiary/aromatic N) is 3. The summed E-state index contributed by atoms with van der Waals surface area (Å²) in [7, 11) is 0. The Hall–Kier alpha value is -2.67. The van der Waals surface area contributed by atoms with Crippen molar-refractivity contribution >= 4 is 17.5 Å². The van der Waals surface area contributed by atoms with E-state index >= 15 is 0 Å². The number of hydrogen-bond donors (Lipinski definition) is 3. The number of piperidine rings is 1. The van der Waals surface area contributed by atoms with Gasteiger partial charge in [0.2, 0.25) is 5.91 Å². The Balaban J connectivity index is 1.32. The van der Waals surface area contributed by atoms with Gasteiger partial charge >= 0.3 is 0 Å². The molecule has 0 spiro atoms. The molecular formula is C26H36N6O3. The lowest BCUT2D eigenvalue weighted by atomic mass is 9.90. The van der Waals surface area contributed by atoms with E-state index < -0.39 is 0 Å². The predicted molar refractivity (Wildman–Crippen MR) is 131 cm³/mol. The Morgan fingerprint density at radius 2 is 2.14 bits per heavy atom. The van der Waals surface area contributed by atoms with Crippen molar-refractivity contribution < 1.29 is 14.3 Å². The molecular weight excluding hydrogens is 444 g/mol. The van der Waals surface area contributed by atoms with Gasteiger partial charge in [-0.2, -0.15) is 5.26 Å². The van der Waals surface area contributed by atoms with Gasteiger partial charge < -0.3 is 20.3 Å². The van der Waals surface area contributed by atoms with Gasteiger partial charge in [-0.25, -0.2) is 10.4 Å².